The number of benzene rings is 1. The maximum atomic E-state index is 12.3. The summed E-state index contributed by atoms with van der Waals surface area (Å²) in [6.45, 7) is 7.89. The summed E-state index contributed by atoms with van der Waals surface area (Å²) >= 11 is 0. The van der Waals surface area contributed by atoms with E-state index in [1.54, 1.807) is 13.2 Å². The highest BCUT2D eigenvalue weighted by molar-refractivity contribution is 6.02. The number of aromatic nitrogens is 1. The van der Waals surface area contributed by atoms with E-state index in [1.807, 2.05) is 64.1 Å². The van der Waals surface area contributed by atoms with Gasteiger partial charge in [-0.25, -0.2) is 0 Å². The lowest BCUT2D eigenvalue weighted by Crippen LogP contribution is -2.32. The Morgan fingerprint density at radius 1 is 1.35 bits per heavy atom. The summed E-state index contributed by atoms with van der Waals surface area (Å²) in [5, 5.41) is 12.2. The number of carbonyl (C=O) groups is 1. The zero-order valence-electron chi connectivity index (χ0n) is 16.0. The molecule has 0 spiro atoms. The van der Waals surface area contributed by atoms with Crippen LogP contribution in [0.5, 0.6) is 5.75 Å². The monoisotopic (exact) mass is 351 g/mol. The Morgan fingerprint density at radius 3 is 2.54 bits per heavy atom. The lowest BCUT2D eigenvalue weighted by atomic mass is 10.1. The maximum Gasteiger partial charge on any atom is 0.262 e. The lowest BCUT2D eigenvalue weighted by Gasteiger charge is -2.11. The first-order valence-corrected chi connectivity index (χ1v) is 8.67. The van der Waals surface area contributed by atoms with Crippen LogP contribution in [0.25, 0.3) is 11.8 Å². The minimum absolute atomic E-state index is 0.0333. The van der Waals surface area contributed by atoms with Crippen LogP contribution in [0.4, 0.5) is 0 Å². The zero-order valence-corrected chi connectivity index (χ0v) is 16.0. The number of nitriles is 1. The van der Waals surface area contributed by atoms with Crippen molar-refractivity contribution >= 4 is 12.0 Å². The summed E-state index contributed by atoms with van der Waals surface area (Å²) in [5.74, 6) is 0.459. The van der Waals surface area contributed by atoms with Gasteiger partial charge in [0.25, 0.3) is 5.91 Å². The van der Waals surface area contributed by atoms with E-state index in [1.165, 1.54) is 0 Å². The smallest absolute Gasteiger partial charge is 0.262 e. The molecule has 1 aromatic heterocycles. The predicted octanol–water partition coefficient (Wildman–Crippen LogP) is 3.92. The number of amides is 1. The average molecular weight is 351 g/mol. The van der Waals surface area contributed by atoms with Gasteiger partial charge in [-0.15, -0.1) is 0 Å². The van der Waals surface area contributed by atoms with E-state index in [9.17, 15) is 10.1 Å². The number of methoxy groups -OCH3 is 1. The Morgan fingerprint density at radius 2 is 2.00 bits per heavy atom. The van der Waals surface area contributed by atoms with Crippen LogP contribution in [0, 0.1) is 25.2 Å². The Balaban J connectivity index is 2.39. The van der Waals surface area contributed by atoms with Gasteiger partial charge in [0, 0.05) is 23.1 Å². The van der Waals surface area contributed by atoms with Gasteiger partial charge in [-0.05, 0) is 69.2 Å². The SMILES string of the molecule is CCC(C)NC(=O)C(C#N)=Cc1cc(C)n(-c2ccc(OC)cc2)c1C. The van der Waals surface area contributed by atoms with Crippen molar-refractivity contribution in [2.75, 3.05) is 7.11 Å². The molecule has 0 saturated carbocycles. The topological polar surface area (TPSA) is 67.0 Å². The molecule has 1 amide bonds. The summed E-state index contributed by atoms with van der Waals surface area (Å²) in [6.07, 6.45) is 2.47. The molecule has 2 rings (SSSR count). The van der Waals surface area contributed by atoms with Crippen LogP contribution in [-0.2, 0) is 4.79 Å². The van der Waals surface area contributed by atoms with Crippen LogP contribution in [0.1, 0.15) is 37.2 Å². The van der Waals surface area contributed by atoms with Gasteiger partial charge in [0.1, 0.15) is 17.4 Å². The van der Waals surface area contributed by atoms with Gasteiger partial charge >= 0.3 is 0 Å². The molecule has 1 unspecified atom stereocenters. The Kier molecular flexibility index (Phi) is 6.24. The minimum atomic E-state index is -0.337. The molecule has 5 nitrogen and oxygen atoms in total. The number of rotatable bonds is 6. The first kappa shape index (κ1) is 19.3. The molecule has 2 aromatic rings. The van der Waals surface area contributed by atoms with Crippen molar-refractivity contribution in [3.05, 3.63) is 52.9 Å². The van der Waals surface area contributed by atoms with Crippen LogP contribution in [0.3, 0.4) is 0 Å². The number of hydrogen-bond acceptors (Lipinski definition) is 3. The van der Waals surface area contributed by atoms with E-state index < -0.39 is 0 Å². The van der Waals surface area contributed by atoms with E-state index in [0.717, 1.165) is 34.8 Å². The van der Waals surface area contributed by atoms with Gasteiger partial charge in [0.15, 0.2) is 0 Å². The summed E-state index contributed by atoms with van der Waals surface area (Å²) in [7, 11) is 1.64. The highest BCUT2D eigenvalue weighted by Crippen LogP contribution is 2.24. The normalized spacial score (nSPS) is 12.4. The summed E-state index contributed by atoms with van der Waals surface area (Å²) in [6, 6.07) is 11.8. The molecule has 5 heteroatoms. The van der Waals surface area contributed by atoms with Crippen LogP contribution in [0.2, 0.25) is 0 Å². The number of nitrogens with one attached hydrogen (secondary N) is 1. The molecular weight excluding hydrogens is 326 g/mol. The molecule has 0 aliphatic rings. The average Bonchev–Trinajstić information content (AvgIpc) is 2.92. The number of nitrogens with zero attached hydrogens (tertiary/aromatic N) is 2. The Labute approximate surface area is 154 Å². The third-order valence-corrected chi connectivity index (χ3v) is 4.46. The van der Waals surface area contributed by atoms with Gasteiger partial charge in [0.05, 0.1) is 7.11 Å². The quantitative estimate of drug-likeness (QED) is 0.633. The fourth-order valence-electron chi connectivity index (χ4n) is 2.77. The second-order valence-corrected chi connectivity index (χ2v) is 6.31. The molecule has 1 heterocycles. The second-order valence-electron chi connectivity index (χ2n) is 6.31. The number of hydrogen-bond donors (Lipinski definition) is 1. The molecule has 1 N–H and O–H groups in total. The summed E-state index contributed by atoms with van der Waals surface area (Å²) < 4.78 is 7.30. The van der Waals surface area contributed by atoms with Gasteiger partial charge in [0.2, 0.25) is 0 Å². The zero-order chi connectivity index (χ0) is 19.3. The number of carbonyl (C=O) groups excluding carboxylic acids is 1. The molecule has 26 heavy (non-hydrogen) atoms. The van der Waals surface area contributed by atoms with Crippen molar-refractivity contribution in [3.8, 4) is 17.5 Å². The van der Waals surface area contributed by atoms with Crippen molar-refractivity contribution < 1.29 is 9.53 Å². The van der Waals surface area contributed by atoms with Crippen LogP contribution >= 0.6 is 0 Å². The number of ether oxygens (including phenoxy) is 1. The van der Waals surface area contributed by atoms with Gasteiger partial charge in [-0.1, -0.05) is 6.92 Å². The molecule has 0 aliphatic heterocycles. The van der Waals surface area contributed by atoms with Crippen molar-refractivity contribution in [1.82, 2.24) is 9.88 Å². The first-order valence-electron chi connectivity index (χ1n) is 8.67. The summed E-state index contributed by atoms with van der Waals surface area (Å²) in [4.78, 5) is 12.3. The molecule has 0 fully saturated rings. The largest absolute Gasteiger partial charge is 0.497 e. The van der Waals surface area contributed by atoms with Crippen LogP contribution < -0.4 is 10.1 Å². The molecule has 1 aromatic carbocycles. The molecule has 136 valence electrons. The van der Waals surface area contributed by atoms with Crippen molar-refractivity contribution in [3.63, 3.8) is 0 Å². The van der Waals surface area contributed by atoms with Gasteiger partial charge < -0.3 is 14.6 Å². The molecular formula is C21H25N3O2. The lowest BCUT2D eigenvalue weighted by molar-refractivity contribution is -0.117. The van der Waals surface area contributed by atoms with E-state index in [0.29, 0.717) is 0 Å². The third kappa shape index (κ3) is 4.15. The Hall–Kier alpha value is -3.00. The standard InChI is InChI=1S/C21H25N3O2/c1-6-14(2)23-21(25)18(13-22)12-17-11-15(3)24(16(17)4)19-7-9-20(26-5)10-8-19/h7-12,14H,6H2,1-5H3,(H,23,25). The minimum Gasteiger partial charge on any atom is -0.497 e. The highest BCUT2D eigenvalue weighted by atomic mass is 16.5. The van der Waals surface area contributed by atoms with Crippen molar-refractivity contribution in [1.29, 1.82) is 5.26 Å². The third-order valence-electron chi connectivity index (χ3n) is 4.46. The maximum absolute atomic E-state index is 12.3. The van der Waals surface area contributed by atoms with E-state index in [4.69, 9.17) is 4.74 Å². The molecule has 0 radical (unpaired) electrons. The van der Waals surface area contributed by atoms with Crippen molar-refractivity contribution in [2.45, 2.75) is 40.2 Å². The molecule has 0 saturated heterocycles. The second kappa shape index (κ2) is 8.39. The fourth-order valence-corrected chi connectivity index (χ4v) is 2.77. The molecule has 0 aliphatic carbocycles. The number of aryl methyl sites for hydroxylation is 1. The first-order chi connectivity index (χ1) is 12.4. The van der Waals surface area contributed by atoms with Crippen molar-refractivity contribution in [2.24, 2.45) is 0 Å². The van der Waals surface area contributed by atoms with Crippen LogP contribution in [-0.4, -0.2) is 23.6 Å². The Bertz CT molecular complexity index is 855. The molecule has 0 bridgehead atoms. The summed E-state index contributed by atoms with van der Waals surface area (Å²) in [5.41, 5.74) is 3.97. The highest BCUT2D eigenvalue weighted by Gasteiger charge is 2.15. The van der Waals surface area contributed by atoms with Gasteiger partial charge in [-0.3, -0.25) is 4.79 Å². The van der Waals surface area contributed by atoms with Gasteiger partial charge in [-0.2, -0.15) is 5.26 Å². The molecule has 1 atom stereocenters. The van der Waals surface area contributed by atoms with Crippen LogP contribution in [0.15, 0.2) is 35.9 Å². The van der Waals surface area contributed by atoms with E-state index >= 15 is 0 Å². The predicted molar refractivity (Wildman–Crippen MR) is 103 cm³/mol. The van der Waals surface area contributed by atoms with E-state index in [2.05, 4.69) is 9.88 Å². The fraction of sp³-hybridized carbons (Fsp3) is 0.333. The van der Waals surface area contributed by atoms with E-state index in [-0.39, 0.29) is 17.5 Å².